The molecule has 5 rings (SSSR count). The summed E-state index contributed by atoms with van der Waals surface area (Å²) in [4.78, 5) is 9.21. The number of benzene rings is 2. The van der Waals surface area contributed by atoms with Crippen molar-refractivity contribution >= 4 is 22.8 Å². The Kier molecular flexibility index (Phi) is 3.97. The van der Waals surface area contributed by atoms with Crippen LogP contribution in [0.1, 0.15) is 12.8 Å². The van der Waals surface area contributed by atoms with Crippen molar-refractivity contribution < 1.29 is 14.0 Å². The zero-order valence-electron chi connectivity index (χ0n) is 14.6. The van der Waals surface area contributed by atoms with Crippen molar-refractivity contribution in [3.63, 3.8) is 0 Å². The number of thioether (sulfide) groups is 1. The lowest BCUT2D eigenvalue weighted by atomic mass is 10.2. The summed E-state index contributed by atoms with van der Waals surface area (Å²) < 4.78 is 18.3. The van der Waals surface area contributed by atoms with Gasteiger partial charge in [-0.2, -0.15) is 4.98 Å². The molecular weight excluding hydrogens is 364 g/mol. The number of aromatic nitrogens is 4. The highest BCUT2D eigenvalue weighted by Crippen LogP contribution is 2.35. The second kappa shape index (κ2) is 6.62. The Morgan fingerprint density at radius 3 is 2.89 bits per heavy atom. The molecule has 0 unspecified atom stereocenters. The van der Waals surface area contributed by atoms with Crippen LogP contribution in [0.3, 0.4) is 0 Å². The highest BCUT2D eigenvalue weighted by atomic mass is 32.2. The van der Waals surface area contributed by atoms with E-state index in [2.05, 4.69) is 27.7 Å². The van der Waals surface area contributed by atoms with Gasteiger partial charge in [0.1, 0.15) is 0 Å². The molecule has 1 aliphatic rings. The molecule has 0 aliphatic carbocycles. The summed E-state index contributed by atoms with van der Waals surface area (Å²) in [6, 6.07) is 13.7. The molecule has 27 heavy (non-hydrogen) atoms. The lowest BCUT2D eigenvalue weighted by Crippen LogP contribution is -1.96. The SMILES string of the molecule is CCn1c(SCc2nc(-c3ccc4c(c3)OCO4)no2)nc2ccccc21. The molecule has 0 amide bonds. The number of ether oxygens (including phenoxy) is 2. The van der Waals surface area contributed by atoms with Crippen molar-refractivity contribution in [3.8, 4) is 22.9 Å². The summed E-state index contributed by atoms with van der Waals surface area (Å²) in [6.07, 6.45) is 0. The largest absolute Gasteiger partial charge is 0.454 e. The minimum absolute atomic E-state index is 0.241. The van der Waals surface area contributed by atoms with Gasteiger partial charge >= 0.3 is 0 Å². The second-order valence-electron chi connectivity index (χ2n) is 6.00. The van der Waals surface area contributed by atoms with Gasteiger partial charge in [-0.25, -0.2) is 4.98 Å². The van der Waals surface area contributed by atoms with Gasteiger partial charge in [0.15, 0.2) is 16.7 Å². The number of para-hydroxylation sites is 2. The van der Waals surface area contributed by atoms with Crippen LogP contribution < -0.4 is 9.47 Å². The summed E-state index contributed by atoms with van der Waals surface area (Å²) in [5, 5.41) is 5.03. The molecule has 2 aromatic carbocycles. The average molecular weight is 380 g/mol. The Morgan fingerprint density at radius 2 is 1.96 bits per heavy atom. The Labute approximate surface area is 159 Å². The molecule has 8 heteroatoms. The zero-order valence-corrected chi connectivity index (χ0v) is 15.4. The lowest BCUT2D eigenvalue weighted by Gasteiger charge is -2.03. The molecule has 136 valence electrons. The van der Waals surface area contributed by atoms with E-state index >= 15 is 0 Å². The van der Waals surface area contributed by atoms with Gasteiger partial charge in [0.2, 0.25) is 18.5 Å². The number of nitrogens with zero attached hydrogens (tertiary/aromatic N) is 4. The first-order chi connectivity index (χ1) is 13.3. The molecule has 0 atom stereocenters. The van der Waals surface area contributed by atoms with Crippen molar-refractivity contribution in [3.05, 3.63) is 48.4 Å². The molecule has 2 aromatic heterocycles. The molecule has 4 aromatic rings. The van der Waals surface area contributed by atoms with Crippen molar-refractivity contribution in [2.75, 3.05) is 6.79 Å². The van der Waals surface area contributed by atoms with E-state index in [1.165, 1.54) is 0 Å². The fraction of sp³-hybridized carbons (Fsp3) is 0.211. The molecule has 0 spiro atoms. The molecule has 0 saturated heterocycles. The maximum absolute atomic E-state index is 5.42. The van der Waals surface area contributed by atoms with E-state index in [9.17, 15) is 0 Å². The summed E-state index contributed by atoms with van der Waals surface area (Å²) in [5.41, 5.74) is 2.96. The third kappa shape index (κ3) is 2.91. The summed E-state index contributed by atoms with van der Waals surface area (Å²) >= 11 is 1.59. The standard InChI is InChI=1S/C19H16N4O3S/c1-2-23-14-6-4-3-5-13(14)20-19(23)27-10-17-21-18(22-26-17)12-7-8-15-16(9-12)25-11-24-15/h3-9H,2,10-11H2,1H3. The first kappa shape index (κ1) is 16.2. The molecule has 3 heterocycles. The second-order valence-corrected chi connectivity index (χ2v) is 6.94. The fourth-order valence-electron chi connectivity index (χ4n) is 3.06. The predicted octanol–water partition coefficient (Wildman–Crippen LogP) is 4.13. The van der Waals surface area contributed by atoms with Crippen molar-refractivity contribution in [1.29, 1.82) is 0 Å². The highest BCUT2D eigenvalue weighted by Gasteiger charge is 2.17. The Bertz CT molecular complexity index is 1120. The van der Waals surface area contributed by atoms with E-state index in [-0.39, 0.29) is 6.79 Å². The molecule has 0 radical (unpaired) electrons. The third-order valence-electron chi connectivity index (χ3n) is 4.36. The number of hydrogen-bond donors (Lipinski definition) is 0. The summed E-state index contributed by atoms with van der Waals surface area (Å²) in [6.45, 7) is 3.21. The van der Waals surface area contributed by atoms with Crippen molar-refractivity contribution in [2.24, 2.45) is 0 Å². The van der Waals surface area contributed by atoms with E-state index in [1.54, 1.807) is 11.8 Å². The van der Waals surface area contributed by atoms with Crippen LogP contribution in [0.25, 0.3) is 22.4 Å². The number of imidazole rings is 1. The Morgan fingerprint density at radius 1 is 1.07 bits per heavy atom. The van der Waals surface area contributed by atoms with E-state index in [4.69, 9.17) is 19.0 Å². The number of hydrogen-bond acceptors (Lipinski definition) is 7. The van der Waals surface area contributed by atoms with E-state index in [0.717, 1.165) is 34.0 Å². The highest BCUT2D eigenvalue weighted by molar-refractivity contribution is 7.98. The van der Waals surface area contributed by atoms with Crippen molar-refractivity contribution in [1.82, 2.24) is 19.7 Å². The fourth-order valence-corrected chi connectivity index (χ4v) is 3.98. The van der Waals surface area contributed by atoms with Crippen LogP contribution in [0.2, 0.25) is 0 Å². The summed E-state index contributed by atoms with van der Waals surface area (Å²) in [5.74, 6) is 3.08. The van der Waals surface area contributed by atoms with Gasteiger partial charge in [-0.15, -0.1) is 0 Å². The van der Waals surface area contributed by atoms with E-state index in [1.807, 2.05) is 36.4 Å². The number of aryl methyl sites for hydroxylation is 1. The first-order valence-electron chi connectivity index (χ1n) is 8.62. The molecule has 0 bridgehead atoms. The Balaban J connectivity index is 1.36. The average Bonchev–Trinajstić information content (AvgIpc) is 3.42. The van der Waals surface area contributed by atoms with Gasteiger partial charge in [-0.05, 0) is 37.3 Å². The number of rotatable bonds is 5. The molecule has 7 nitrogen and oxygen atoms in total. The molecule has 0 fully saturated rings. The monoisotopic (exact) mass is 380 g/mol. The molecule has 0 saturated carbocycles. The zero-order chi connectivity index (χ0) is 18.2. The van der Waals surface area contributed by atoms with E-state index in [0.29, 0.717) is 23.2 Å². The van der Waals surface area contributed by atoms with Crippen LogP contribution >= 0.6 is 11.8 Å². The Hall–Kier alpha value is -3.00. The topological polar surface area (TPSA) is 75.2 Å². The minimum Gasteiger partial charge on any atom is -0.454 e. The van der Waals surface area contributed by atoms with Crippen LogP contribution in [0, 0.1) is 0 Å². The first-order valence-corrected chi connectivity index (χ1v) is 9.61. The maximum Gasteiger partial charge on any atom is 0.237 e. The minimum atomic E-state index is 0.241. The predicted molar refractivity (Wildman–Crippen MR) is 101 cm³/mol. The van der Waals surface area contributed by atoms with Crippen molar-refractivity contribution in [2.45, 2.75) is 24.4 Å². The summed E-state index contributed by atoms with van der Waals surface area (Å²) in [7, 11) is 0. The van der Waals surface area contributed by atoms with Crippen LogP contribution in [0.5, 0.6) is 11.5 Å². The third-order valence-corrected chi connectivity index (χ3v) is 5.32. The molecule has 0 N–H and O–H groups in total. The van der Waals surface area contributed by atoms with Gasteiger partial charge in [0.05, 0.1) is 16.8 Å². The maximum atomic E-state index is 5.42. The molecule has 1 aliphatic heterocycles. The van der Waals surface area contributed by atoms with Gasteiger partial charge in [-0.3, -0.25) is 0 Å². The van der Waals surface area contributed by atoms with Gasteiger partial charge in [0.25, 0.3) is 0 Å². The lowest BCUT2D eigenvalue weighted by molar-refractivity contribution is 0.174. The smallest absolute Gasteiger partial charge is 0.237 e. The molecular formula is C19H16N4O3S. The van der Waals surface area contributed by atoms with Crippen LogP contribution in [0.15, 0.2) is 52.1 Å². The van der Waals surface area contributed by atoms with Gasteiger partial charge in [-0.1, -0.05) is 29.1 Å². The quantitative estimate of drug-likeness (QED) is 0.482. The van der Waals surface area contributed by atoms with Crippen LogP contribution in [-0.2, 0) is 12.3 Å². The number of fused-ring (bicyclic) bond motifs is 2. The van der Waals surface area contributed by atoms with E-state index < -0.39 is 0 Å². The van der Waals surface area contributed by atoms with Gasteiger partial charge < -0.3 is 18.6 Å². The van der Waals surface area contributed by atoms with Gasteiger partial charge in [0, 0.05) is 12.1 Å². The normalized spacial score (nSPS) is 12.8. The van der Waals surface area contributed by atoms with Crippen LogP contribution in [-0.4, -0.2) is 26.5 Å². The van der Waals surface area contributed by atoms with Crippen LogP contribution in [0.4, 0.5) is 0 Å².